The van der Waals surface area contributed by atoms with Crippen LogP contribution in [0.1, 0.15) is 6.42 Å². The van der Waals surface area contributed by atoms with E-state index in [1.807, 2.05) is 18.2 Å². The number of azide groups is 1. The number of para-hydroxylation sites is 1. The maximum Gasteiger partial charge on any atom is 0.228 e. The fraction of sp³-hybridized carbons (Fsp3) is 0.308. The van der Waals surface area contributed by atoms with Gasteiger partial charge in [0.15, 0.2) is 0 Å². The number of aromatic nitrogens is 2. The molecule has 1 aliphatic rings. The molecule has 0 spiro atoms. The highest BCUT2D eigenvalue weighted by atomic mass is 79.9. The van der Waals surface area contributed by atoms with Crippen molar-refractivity contribution in [1.29, 1.82) is 0 Å². The summed E-state index contributed by atoms with van der Waals surface area (Å²) in [5.74, 6) is 0.415. The zero-order valence-corrected chi connectivity index (χ0v) is 13.6. The monoisotopic (exact) mass is 380 g/mol. The normalized spacial score (nSPS) is 17.8. The lowest BCUT2D eigenvalue weighted by Gasteiger charge is -2.17. The molecule has 0 bridgehead atoms. The Hall–Kier alpha value is -1.89. The number of amides is 1. The predicted octanol–water partition coefficient (Wildman–Crippen LogP) is 3.71. The molecule has 1 aromatic heterocycles. The SMILES string of the molecule is [N-]=[N+]=NCC1CC(=O)N(c2nc(Cl)nc3c(Br)cccc23)C1. The second-order valence-corrected chi connectivity index (χ2v) is 6.13. The average Bonchev–Trinajstić information content (AvgIpc) is 2.86. The number of hydrogen-bond donors (Lipinski definition) is 0. The Balaban J connectivity index is 2.05. The van der Waals surface area contributed by atoms with Crippen molar-refractivity contribution >= 4 is 50.2 Å². The molecule has 22 heavy (non-hydrogen) atoms. The van der Waals surface area contributed by atoms with Gasteiger partial charge < -0.3 is 0 Å². The molecule has 9 heteroatoms. The first-order valence-electron chi connectivity index (χ1n) is 6.53. The van der Waals surface area contributed by atoms with Crippen LogP contribution in [-0.2, 0) is 4.79 Å². The molecule has 2 heterocycles. The zero-order chi connectivity index (χ0) is 15.7. The number of rotatable bonds is 3. The van der Waals surface area contributed by atoms with Crippen LogP contribution < -0.4 is 4.90 Å². The summed E-state index contributed by atoms with van der Waals surface area (Å²) < 4.78 is 0.785. The Morgan fingerprint density at radius 3 is 3.09 bits per heavy atom. The van der Waals surface area contributed by atoms with E-state index in [9.17, 15) is 4.79 Å². The topological polar surface area (TPSA) is 94.9 Å². The number of carbonyl (C=O) groups is 1. The van der Waals surface area contributed by atoms with Gasteiger partial charge in [-0.2, -0.15) is 4.98 Å². The molecule has 1 fully saturated rings. The maximum absolute atomic E-state index is 12.3. The Morgan fingerprint density at radius 1 is 1.50 bits per heavy atom. The molecule has 112 valence electrons. The average molecular weight is 382 g/mol. The highest BCUT2D eigenvalue weighted by molar-refractivity contribution is 9.10. The van der Waals surface area contributed by atoms with E-state index in [4.69, 9.17) is 17.1 Å². The van der Waals surface area contributed by atoms with E-state index >= 15 is 0 Å². The van der Waals surface area contributed by atoms with Gasteiger partial charge in [-0.05, 0) is 51.1 Å². The lowest BCUT2D eigenvalue weighted by Crippen LogP contribution is -2.26. The zero-order valence-electron chi connectivity index (χ0n) is 11.3. The number of carbonyl (C=O) groups excluding carboxylic acids is 1. The molecule has 1 amide bonds. The van der Waals surface area contributed by atoms with Crippen molar-refractivity contribution in [3.8, 4) is 0 Å². The van der Waals surface area contributed by atoms with Crippen LogP contribution in [0.3, 0.4) is 0 Å². The molecule has 1 unspecified atom stereocenters. The molecule has 0 aliphatic carbocycles. The molecule has 1 aliphatic heterocycles. The van der Waals surface area contributed by atoms with E-state index in [0.29, 0.717) is 30.8 Å². The van der Waals surface area contributed by atoms with E-state index < -0.39 is 0 Å². The van der Waals surface area contributed by atoms with Crippen LogP contribution in [-0.4, -0.2) is 29.0 Å². The number of anilines is 1. The smallest absolute Gasteiger partial charge is 0.228 e. The van der Waals surface area contributed by atoms with Crippen molar-refractivity contribution < 1.29 is 4.79 Å². The largest absolute Gasteiger partial charge is 0.296 e. The Labute approximate surface area is 139 Å². The van der Waals surface area contributed by atoms with Gasteiger partial charge in [-0.3, -0.25) is 9.69 Å². The highest BCUT2D eigenvalue weighted by Crippen LogP contribution is 2.33. The molecular formula is C13H10BrClN6O. The van der Waals surface area contributed by atoms with Crippen molar-refractivity contribution in [2.24, 2.45) is 11.0 Å². The Bertz CT molecular complexity index is 806. The summed E-state index contributed by atoms with van der Waals surface area (Å²) in [6.45, 7) is 0.742. The van der Waals surface area contributed by atoms with E-state index in [1.165, 1.54) is 0 Å². The van der Waals surface area contributed by atoms with E-state index in [0.717, 1.165) is 9.86 Å². The van der Waals surface area contributed by atoms with Crippen LogP contribution >= 0.6 is 27.5 Å². The second-order valence-electron chi connectivity index (χ2n) is 4.94. The molecule has 1 atom stereocenters. The van der Waals surface area contributed by atoms with Gasteiger partial charge in [-0.25, -0.2) is 4.98 Å². The second kappa shape index (κ2) is 6.08. The van der Waals surface area contributed by atoms with Crippen molar-refractivity contribution in [1.82, 2.24) is 9.97 Å². The quantitative estimate of drug-likeness (QED) is 0.351. The maximum atomic E-state index is 12.3. The van der Waals surface area contributed by atoms with Gasteiger partial charge in [0.1, 0.15) is 5.82 Å². The number of nitrogens with zero attached hydrogens (tertiary/aromatic N) is 6. The summed E-state index contributed by atoms with van der Waals surface area (Å²) in [6.07, 6.45) is 0.330. The summed E-state index contributed by atoms with van der Waals surface area (Å²) in [4.78, 5) is 25.0. The standard InChI is InChI=1S/C13H10BrClN6O/c14-9-3-1-2-8-11(9)18-13(15)19-12(8)21-6-7(4-10(21)22)5-17-20-16/h1-3,7H,4-6H2. The molecule has 3 rings (SSSR count). The van der Waals surface area contributed by atoms with Gasteiger partial charge in [-0.15, -0.1) is 0 Å². The van der Waals surface area contributed by atoms with Crippen molar-refractivity contribution in [3.05, 3.63) is 38.4 Å². The first kappa shape index (κ1) is 15.0. The van der Waals surface area contributed by atoms with E-state index in [2.05, 4.69) is 35.9 Å². The van der Waals surface area contributed by atoms with Crippen LogP contribution in [0, 0.1) is 5.92 Å². The minimum atomic E-state index is -0.0609. The summed E-state index contributed by atoms with van der Waals surface area (Å²) in [6, 6.07) is 5.55. The third kappa shape index (κ3) is 2.72. The molecule has 0 N–H and O–H groups in total. The lowest BCUT2D eigenvalue weighted by molar-refractivity contribution is -0.117. The summed E-state index contributed by atoms with van der Waals surface area (Å²) in [7, 11) is 0. The fourth-order valence-electron chi connectivity index (χ4n) is 2.54. The summed E-state index contributed by atoms with van der Waals surface area (Å²) in [5.41, 5.74) is 9.06. The van der Waals surface area contributed by atoms with Gasteiger partial charge >= 0.3 is 0 Å². The number of fused-ring (bicyclic) bond motifs is 1. The molecule has 7 nitrogen and oxygen atoms in total. The van der Waals surface area contributed by atoms with Gasteiger partial charge in [-0.1, -0.05) is 11.2 Å². The van der Waals surface area contributed by atoms with Crippen LogP contribution in [0.15, 0.2) is 27.8 Å². The van der Waals surface area contributed by atoms with Crippen LogP contribution in [0.25, 0.3) is 21.3 Å². The molecule has 2 aromatic rings. The van der Waals surface area contributed by atoms with Crippen molar-refractivity contribution in [3.63, 3.8) is 0 Å². The molecule has 1 aromatic carbocycles. The van der Waals surface area contributed by atoms with Gasteiger partial charge in [0.05, 0.1) is 5.52 Å². The molecular weight excluding hydrogens is 372 g/mol. The fourth-order valence-corrected chi connectivity index (χ4v) is 3.16. The first-order valence-corrected chi connectivity index (χ1v) is 7.70. The predicted molar refractivity (Wildman–Crippen MR) is 86.7 cm³/mol. The minimum absolute atomic E-state index is 0.0145. The summed E-state index contributed by atoms with van der Waals surface area (Å²) >= 11 is 9.42. The van der Waals surface area contributed by atoms with Gasteiger partial charge in [0.25, 0.3) is 0 Å². The van der Waals surface area contributed by atoms with Crippen LogP contribution in [0.4, 0.5) is 5.82 Å². The first-order chi connectivity index (χ1) is 10.6. The molecule has 1 saturated heterocycles. The molecule has 0 saturated carbocycles. The van der Waals surface area contributed by atoms with Crippen LogP contribution in [0.2, 0.25) is 5.28 Å². The Kier molecular flexibility index (Phi) is 4.15. The molecule has 0 radical (unpaired) electrons. The summed E-state index contributed by atoms with van der Waals surface area (Å²) in [5, 5.41) is 4.38. The van der Waals surface area contributed by atoms with Crippen molar-refractivity contribution in [2.75, 3.05) is 18.0 Å². The minimum Gasteiger partial charge on any atom is -0.296 e. The number of benzene rings is 1. The van der Waals surface area contributed by atoms with E-state index in [1.54, 1.807) is 4.90 Å². The van der Waals surface area contributed by atoms with Crippen LogP contribution in [0.5, 0.6) is 0 Å². The highest BCUT2D eigenvalue weighted by Gasteiger charge is 2.32. The third-order valence-electron chi connectivity index (χ3n) is 3.49. The Morgan fingerprint density at radius 2 is 2.32 bits per heavy atom. The van der Waals surface area contributed by atoms with E-state index in [-0.39, 0.29) is 17.1 Å². The number of hydrogen-bond acceptors (Lipinski definition) is 4. The lowest BCUT2D eigenvalue weighted by atomic mass is 10.1. The van der Waals surface area contributed by atoms with Gasteiger partial charge in [0.2, 0.25) is 11.2 Å². The van der Waals surface area contributed by atoms with Crippen molar-refractivity contribution in [2.45, 2.75) is 6.42 Å². The van der Waals surface area contributed by atoms with Gasteiger partial charge in [0, 0.05) is 34.3 Å². The number of halogens is 2. The third-order valence-corrected chi connectivity index (χ3v) is 4.30.